The summed E-state index contributed by atoms with van der Waals surface area (Å²) in [7, 11) is 0. The van der Waals surface area contributed by atoms with Gasteiger partial charge in [0.1, 0.15) is 17.5 Å². The molecule has 1 aliphatic rings. The molecule has 0 aliphatic heterocycles. The molecule has 112 valence electrons. The Morgan fingerprint density at radius 1 is 1.33 bits per heavy atom. The first kappa shape index (κ1) is 15.7. The van der Waals surface area contributed by atoms with Gasteiger partial charge in [0.15, 0.2) is 5.78 Å². The van der Waals surface area contributed by atoms with Crippen LogP contribution < -0.4 is 0 Å². The first-order valence-electron chi connectivity index (χ1n) is 6.86. The van der Waals surface area contributed by atoms with Gasteiger partial charge in [-0.25, -0.2) is 9.18 Å². The molecule has 0 atom stereocenters. The molecule has 0 heterocycles. The highest BCUT2D eigenvalue weighted by molar-refractivity contribution is 6.32. The summed E-state index contributed by atoms with van der Waals surface area (Å²) in [5, 5.41) is 0.141. The van der Waals surface area contributed by atoms with Crippen molar-refractivity contribution in [1.82, 2.24) is 0 Å². The number of benzene rings is 1. The average molecular weight is 311 g/mol. The summed E-state index contributed by atoms with van der Waals surface area (Å²) in [6, 6.07) is 4.17. The Bertz CT molecular complexity index is 569. The van der Waals surface area contributed by atoms with E-state index < -0.39 is 17.6 Å². The zero-order valence-electron chi connectivity index (χ0n) is 11.7. The molecule has 1 aliphatic carbocycles. The minimum absolute atomic E-state index is 0.0211. The monoisotopic (exact) mass is 310 g/mol. The summed E-state index contributed by atoms with van der Waals surface area (Å²) in [5.41, 5.74) is -0.165. The van der Waals surface area contributed by atoms with Gasteiger partial charge in [-0.3, -0.25) is 4.79 Å². The third-order valence-corrected chi connectivity index (χ3v) is 3.79. The third-order valence-electron chi connectivity index (χ3n) is 3.46. The number of carbonyl (C=O) groups is 2. The van der Waals surface area contributed by atoms with Gasteiger partial charge in [0.05, 0.1) is 5.02 Å². The fourth-order valence-electron chi connectivity index (χ4n) is 2.32. The second kappa shape index (κ2) is 6.85. The molecule has 1 fully saturated rings. The van der Waals surface area contributed by atoms with Gasteiger partial charge < -0.3 is 4.74 Å². The van der Waals surface area contributed by atoms with E-state index in [0.717, 1.165) is 31.8 Å². The van der Waals surface area contributed by atoms with Gasteiger partial charge in [-0.05, 0) is 50.8 Å². The van der Waals surface area contributed by atoms with Crippen molar-refractivity contribution in [3.63, 3.8) is 0 Å². The molecule has 0 amide bonds. The largest absolute Gasteiger partial charge is 0.459 e. The Hall–Kier alpha value is -1.68. The van der Waals surface area contributed by atoms with Crippen LogP contribution in [0.1, 0.15) is 38.2 Å². The number of hydrogen-bond donors (Lipinski definition) is 0. The lowest BCUT2D eigenvalue weighted by Crippen LogP contribution is -2.19. The maximum absolute atomic E-state index is 13.8. The first-order chi connectivity index (χ1) is 9.99. The molecular weight excluding hydrogens is 295 g/mol. The molecule has 3 nitrogen and oxygen atoms in total. The van der Waals surface area contributed by atoms with Crippen molar-refractivity contribution in [2.75, 3.05) is 0 Å². The quantitative estimate of drug-likeness (QED) is 0.366. The Balaban J connectivity index is 2.27. The molecule has 0 spiro atoms. The van der Waals surface area contributed by atoms with Crippen molar-refractivity contribution in [2.45, 2.75) is 38.7 Å². The van der Waals surface area contributed by atoms with Crippen LogP contribution in [0.2, 0.25) is 5.02 Å². The van der Waals surface area contributed by atoms with Crippen LogP contribution in [0.15, 0.2) is 23.8 Å². The van der Waals surface area contributed by atoms with E-state index in [2.05, 4.69) is 0 Å². The van der Waals surface area contributed by atoms with E-state index in [4.69, 9.17) is 16.3 Å². The molecule has 21 heavy (non-hydrogen) atoms. The number of ether oxygens (including phenoxy) is 1. The van der Waals surface area contributed by atoms with E-state index in [1.54, 1.807) is 0 Å². The molecule has 0 radical (unpaired) electrons. The van der Waals surface area contributed by atoms with E-state index in [-0.39, 0.29) is 22.3 Å². The SMILES string of the molecule is CC(=O)/C(=C/c1c(F)cccc1Cl)C(=O)OC1CCCC1. The highest BCUT2D eigenvalue weighted by Gasteiger charge is 2.24. The lowest BCUT2D eigenvalue weighted by molar-refractivity contribution is -0.144. The Morgan fingerprint density at radius 2 is 2.00 bits per heavy atom. The first-order valence-corrected chi connectivity index (χ1v) is 7.24. The van der Waals surface area contributed by atoms with Crippen molar-refractivity contribution in [1.29, 1.82) is 0 Å². The maximum Gasteiger partial charge on any atom is 0.342 e. The minimum atomic E-state index is -0.714. The summed E-state index contributed by atoms with van der Waals surface area (Å²) in [6.07, 6.45) is 4.63. The van der Waals surface area contributed by atoms with Gasteiger partial charge in [-0.1, -0.05) is 17.7 Å². The fraction of sp³-hybridized carbons (Fsp3) is 0.375. The summed E-state index contributed by atoms with van der Waals surface area (Å²) >= 11 is 5.91. The van der Waals surface area contributed by atoms with Crippen molar-refractivity contribution >= 4 is 29.4 Å². The van der Waals surface area contributed by atoms with E-state index >= 15 is 0 Å². The van der Waals surface area contributed by atoms with Gasteiger partial charge >= 0.3 is 5.97 Å². The van der Waals surface area contributed by atoms with Gasteiger partial charge in [0, 0.05) is 5.56 Å². The number of halogens is 2. The van der Waals surface area contributed by atoms with E-state index in [0.29, 0.717) is 0 Å². The van der Waals surface area contributed by atoms with Crippen molar-refractivity contribution < 1.29 is 18.7 Å². The van der Waals surface area contributed by atoms with Crippen molar-refractivity contribution in [2.24, 2.45) is 0 Å². The van der Waals surface area contributed by atoms with Crippen LogP contribution >= 0.6 is 11.6 Å². The molecule has 0 unspecified atom stereocenters. The highest BCUT2D eigenvalue weighted by atomic mass is 35.5. The van der Waals surface area contributed by atoms with Crippen LogP contribution in [-0.4, -0.2) is 17.9 Å². The number of Topliss-reactive ketones (excluding diaryl/α,β-unsaturated/α-hetero) is 1. The molecule has 0 aromatic heterocycles. The Labute approximate surface area is 127 Å². The third kappa shape index (κ3) is 3.91. The summed E-state index contributed by atoms with van der Waals surface area (Å²) in [6.45, 7) is 1.25. The molecule has 0 saturated heterocycles. The Morgan fingerprint density at radius 3 is 2.57 bits per heavy atom. The molecule has 1 saturated carbocycles. The summed E-state index contributed by atoms with van der Waals surface area (Å²) in [4.78, 5) is 23.7. The predicted octanol–water partition coefficient (Wildman–Crippen LogP) is 3.94. The lowest BCUT2D eigenvalue weighted by atomic mass is 10.1. The zero-order chi connectivity index (χ0) is 15.4. The molecular formula is C16H16ClFO3. The number of hydrogen-bond acceptors (Lipinski definition) is 3. The van der Waals surface area contributed by atoms with Crippen LogP contribution in [0.3, 0.4) is 0 Å². The van der Waals surface area contributed by atoms with E-state index in [1.807, 2.05) is 0 Å². The molecule has 5 heteroatoms. The van der Waals surface area contributed by atoms with Crippen LogP contribution in [0, 0.1) is 5.82 Å². The van der Waals surface area contributed by atoms with Crippen molar-refractivity contribution in [3.05, 3.63) is 40.2 Å². The second-order valence-electron chi connectivity index (χ2n) is 5.06. The standard InChI is InChI=1S/C16H16ClFO3/c1-10(19)12(16(20)21-11-5-2-3-6-11)9-13-14(17)7-4-8-15(13)18/h4,7-9,11H,2-3,5-6H2,1H3/b12-9-. The fourth-order valence-corrected chi connectivity index (χ4v) is 2.54. The van der Waals surface area contributed by atoms with Crippen molar-refractivity contribution in [3.8, 4) is 0 Å². The van der Waals surface area contributed by atoms with Gasteiger partial charge in [-0.15, -0.1) is 0 Å². The average Bonchev–Trinajstić information content (AvgIpc) is 2.90. The van der Waals surface area contributed by atoms with Crippen LogP contribution in [-0.2, 0) is 14.3 Å². The number of esters is 1. The van der Waals surface area contributed by atoms with Gasteiger partial charge in [-0.2, -0.15) is 0 Å². The maximum atomic E-state index is 13.8. The van der Waals surface area contributed by atoms with Crippen LogP contribution in [0.5, 0.6) is 0 Å². The second-order valence-corrected chi connectivity index (χ2v) is 5.47. The topological polar surface area (TPSA) is 43.4 Å². The van der Waals surface area contributed by atoms with E-state index in [9.17, 15) is 14.0 Å². The van der Waals surface area contributed by atoms with Crippen LogP contribution in [0.25, 0.3) is 6.08 Å². The Kier molecular flexibility index (Phi) is 5.12. The van der Waals surface area contributed by atoms with Gasteiger partial charge in [0.2, 0.25) is 0 Å². The highest BCUT2D eigenvalue weighted by Crippen LogP contribution is 2.25. The zero-order valence-corrected chi connectivity index (χ0v) is 12.5. The summed E-state index contributed by atoms with van der Waals surface area (Å²) in [5.74, 6) is -1.78. The molecule has 1 aromatic carbocycles. The number of rotatable bonds is 4. The molecule has 0 N–H and O–H groups in total. The summed E-state index contributed by atoms with van der Waals surface area (Å²) < 4.78 is 19.0. The lowest BCUT2D eigenvalue weighted by Gasteiger charge is -2.12. The number of carbonyl (C=O) groups excluding carboxylic acids is 2. The van der Waals surface area contributed by atoms with Crippen LogP contribution in [0.4, 0.5) is 4.39 Å². The predicted molar refractivity (Wildman–Crippen MR) is 78.4 cm³/mol. The molecule has 1 aromatic rings. The normalized spacial score (nSPS) is 16.0. The number of ketones is 1. The molecule has 0 bridgehead atoms. The minimum Gasteiger partial charge on any atom is -0.459 e. The van der Waals surface area contributed by atoms with E-state index in [1.165, 1.54) is 25.1 Å². The van der Waals surface area contributed by atoms with Gasteiger partial charge in [0.25, 0.3) is 0 Å². The smallest absolute Gasteiger partial charge is 0.342 e. The molecule has 2 rings (SSSR count).